The normalized spacial score (nSPS) is 12.3. The van der Waals surface area contributed by atoms with Gasteiger partial charge < -0.3 is 29.7 Å². The van der Waals surface area contributed by atoms with Crippen LogP contribution in [0.2, 0.25) is 0 Å². The molecule has 0 fully saturated rings. The molecule has 0 aliphatic carbocycles. The average Bonchev–Trinajstić information content (AvgIpc) is 2.56. The highest BCUT2D eigenvalue weighted by Crippen LogP contribution is 2.36. The van der Waals surface area contributed by atoms with Gasteiger partial charge in [-0.1, -0.05) is 0 Å². The summed E-state index contributed by atoms with van der Waals surface area (Å²) < 4.78 is 16.3. The van der Waals surface area contributed by atoms with E-state index in [4.69, 9.17) is 14.2 Å². The van der Waals surface area contributed by atoms with E-state index in [-0.39, 0.29) is 25.0 Å². The summed E-state index contributed by atoms with van der Waals surface area (Å²) >= 11 is 0. The Bertz CT molecular complexity index is 589. The number of hydrogen-bond donors (Lipinski definition) is 2. The molecular weight excluding hydrogens is 302 g/mol. The zero-order valence-corrected chi connectivity index (χ0v) is 13.5. The van der Waals surface area contributed by atoms with Crippen molar-refractivity contribution in [3.8, 4) is 17.2 Å². The van der Waals surface area contributed by atoms with Crippen LogP contribution in [0.4, 0.5) is 4.79 Å². The fourth-order valence-corrected chi connectivity index (χ4v) is 2.01. The molecule has 2 N–H and O–H groups in total. The van der Waals surface area contributed by atoms with Crippen LogP contribution in [0.5, 0.6) is 17.2 Å². The Morgan fingerprint density at radius 2 is 1.83 bits per heavy atom. The van der Waals surface area contributed by atoms with Crippen LogP contribution in [0.3, 0.4) is 0 Å². The number of nitrogens with zero attached hydrogens (tertiary/aromatic N) is 1. The first-order chi connectivity index (χ1) is 11.0. The molecular formula is C15H21N3O5. The van der Waals surface area contributed by atoms with Gasteiger partial charge in [0.15, 0.2) is 11.5 Å². The molecule has 1 heterocycles. The van der Waals surface area contributed by atoms with E-state index in [0.29, 0.717) is 30.5 Å². The van der Waals surface area contributed by atoms with Crippen LogP contribution in [0, 0.1) is 0 Å². The molecule has 0 saturated carbocycles. The Labute approximate surface area is 134 Å². The first-order valence-electron chi connectivity index (χ1n) is 7.19. The maximum Gasteiger partial charge on any atom is 0.317 e. The molecule has 2 rings (SSSR count). The van der Waals surface area contributed by atoms with E-state index >= 15 is 0 Å². The highest BCUT2D eigenvalue weighted by molar-refractivity contribution is 5.83. The number of rotatable bonds is 5. The second kappa shape index (κ2) is 7.57. The fraction of sp³-hybridized carbons (Fsp3) is 0.467. The molecule has 1 aromatic rings. The fourth-order valence-electron chi connectivity index (χ4n) is 2.01. The van der Waals surface area contributed by atoms with E-state index in [1.165, 1.54) is 4.90 Å². The minimum absolute atomic E-state index is 0.0934. The van der Waals surface area contributed by atoms with Gasteiger partial charge in [0.1, 0.15) is 19.0 Å². The lowest BCUT2D eigenvalue weighted by atomic mass is 10.1. The minimum Gasteiger partial charge on any atom is -0.496 e. The third-order valence-corrected chi connectivity index (χ3v) is 3.23. The van der Waals surface area contributed by atoms with E-state index in [0.717, 1.165) is 5.56 Å². The van der Waals surface area contributed by atoms with Crippen LogP contribution in [0.25, 0.3) is 0 Å². The zero-order chi connectivity index (χ0) is 16.8. The van der Waals surface area contributed by atoms with Crippen LogP contribution in [-0.2, 0) is 11.3 Å². The number of ether oxygens (including phenoxy) is 3. The standard InChI is InChI=1S/C15H21N3O5/c1-18(2)15(20)17-9-14(19)16-8-10-6-12-13(7-11(10)21-3)23-5-4-22-12/h6-7H,4-5,8-9H2,1-3H3,(H,16,19)(H,17,20). The van der Waals surface area contributed by atoms with E-state index in [2.05, 4.69) is 10.6 Å². The molecule has 8 nitrogen and oxygen atoms in total. The first kappa shape index (κ1) is 16.7. The van der Waals surface area contributed by atoms with Gasteiger partial charge in [-0.2, -0.15) is 0 Å². The molecule has 1 aliphatic heterocycles. The number of methoxy groups -OCH3 is 1. The topological polar surface area (TPSA) is 89.1 Å². The largest absolute Gasteiger partial charge is 0.496 e. The van der Waals surface area contributed by atoms with Crippen molar-refractivity contribution in [2.45, 2.75) is 6.54 Å². The second-order valence-corrected chi connectivity index (χ2v) is 5.14. The highest BCUT2D eigenvalue weighted by Gasteiger charge is 2.17. The Morgan fingerprint density at radius 1 is 1.17 bits per heavy atom. The number of nitrogens with one attached hydrogen (secondary N) is 2. The molecule has 0 saturated heterocycles. The Morgan fingerprint density at radius 3 is 2.43 bits per heavy atom. The van der Waals surface area contributed by atoms with Crippen LogP contribution in [-0.4, -0.2) is 57.8 Å². The van der Waals surface area contributed by atoms with Gasteiger partial charge in [0.25, 0.3) is 0 Å². The highest BCUT2D eigenvalue weighted by atomic mass is 16.6. The van der Waals surface area contributed by atoms with E-state index in [1.807, 2.05) is 0 Å². The van der Waals surface area contributed by atoms with Crippen molar-refractivity contribution in [2.75, 3.05) is 41.0 Å². The summed E-state index contributed by atoms with van der Waals surface area (Å²) in [4.78, 5) is 24.5. The van der Waals surface area contributed by atoms with Crippen molar-refractivity contribution >= 4 is 11.9 Å². The number of carbonyl (C=O) groups excluding carboxylic acids is 2. The molecule has 126 valence electrons. The smallest absolute Gasteiger partial charge is 0.317 e. The predicted molar refractivity (Wildman–Crippen MR) is 82.9 cm³/mol. The number of amides is 3. The minimum atomic E-state index is -0.322. The van der Waals surface area contributed by atoms with Crippen LogP contribution >= 0.6 is 0 Å². The monoisotopic (exact) mass is 323 g/mol. The van der Waals surface area contributed by atoms with E-state index in [1.54, 1.807) is 33.3 Å². The van der Waals surface area contributed by atoms with Gasteiger partial charge in [-0.15, -0.1) is 0 Å². The molecule has 0 aromatic heterocycles. The quantitative estimate of drug-likeness (QED) is 0.816. The summed E-state index contributed by atoms with van der Waals surface area (Å²) in [6, 6.07) is 3.20. The van der Waals surface area contributed by atoms with Gasteiger partial charge in [-0.25, -0.2) is 4.79 Å². The third-order valence-electron chi connectivity index (χ3n) is 3.23. The SMILES string of the molecule is COc1cc2c(cc1CNC(=O)CNC(=O)N(C)C)OCCO2. The molecule has 0 unspecified atom stereocenters. The molecule has 8 heteroatoms. The lowest BCUT2D eigenvalue weighted by molar-refractivity contribution is -0.120. The van der Waals surface area contributed by atoms with Crippen molar-refractivity contribution in [3.63, 3.8) is 0 Å². The van der Waals surface area contributed by atoms with Crippen molar-refractivity contribution in [1.82, 2.24) is 15.5 Å². The van der Waals surface area contributed by atoms with Crippen molar-refractivity contribution in [2.24, 2.45) is 0 Å². The maximum atomic E-state index is 11.8. The lowest BCUT2D eigenvalue weighted by Crippen LogP contribution is -2.41. The number of fused-ring (bicyclic) bond motifs is 1. The number of hydrogen-bond acceptors (Lipinski definition) is 5. The Balaban J connectivity index is 1.94. The molecule has 0 atom stereocenters. The van der Waals surface area contributed by atoms with Crippen LogP contribution in [0.1, 0.15) is 5.56 Å². The van der Waals surface area contributed by atoms with Gasteiger partial charge in [0, 0.05) is 32.3 Å². The molecule has 0 bridgehead atoms. The van der Waals surface area contributed by atoms with Gasteiger partial charge in [-0.3, -0.25) is 4.79 Å². The summed E-state index contributed by atoms with van der Waals surface area (Å²) in [5, 5.41) is 5.22. The van der Waals surface area contributed by atoms with Gasteiger partial charge in [-0.05, 0) is 6.07 Å². The van der Waals surface area contributed by atoms with Crippen molar-refractivity contribution in [1.29, 1.82) is 0 Å². The van der Waals surface area contributed by atoms with E-state index < -0.39 is 0 Å². The summed E-state index contributed by atoms with van der Waals surface area (Å²) in [5.74, 6) is 1.56. The molecule has 1 aliphatic rings. The molecule has 1 aromatic carbocycles. The zero-order valence-electron chi connectivity index (χ0n) is 13.5. The van der Waals surface area contributed by atoms with Crippen molar-refractivity contribution < 1.29 is 23.8 Å². The third kappa shape index (κ3) is 4.41. The second-order valence-electron chi connectivity index (χ2n) is 5.14. The molecule has 3 amide bonds. The summed E-state index contributed by atoms with van der Waals surface area (Å²) in [6.45, 7) is 1.15. The maximum absolute atomic E-state index is 11.8. The molecule has 0 radical (unpaired) electrons. The van der Waals surface area contributed by atoms with E-state index in [9.17, 15) is 9.59 Å². The lowest BCUT2D eigenvalue weighted by Gasteiger charge is -2.21. The number of benzene rings is 1. The summed E-state index contributed by atoms with van der Waals surface area (Å²) in [7, 11) is 4.76. The van der Waals surface area contributed by atoms with Gasteiger partial charge >= 0.3 is 6.03 Å². The summed E-state index contributed by atoms with van der Waals surface area (Å²) in [5.41, 5.74) is 0.768. The number of urea groups is 1. The average molecular weight is 323 g/mol. The predicted octanol–water partition coefficient (Wildman–Crippen LogP) is 0.354. The first-order valence-corrected chi connectivity index (χ1v) is 7.19. The summed E-state index contributed by atoms with van der Waals surface area (Å²) in [6.07, 6.45) is 0. The van der Waals surface area contributed by atoms with Crippen LogP contribution in [0.15, 0.2) is 12.1 Å². The number of carbonyl (C=O) groups is 2. The van der Waals surface area contributed by atoms with Crippen molar-refractivity contribution in [3.05, 3.63) is 17.7 Å². The van der Waals surface area contributed by atoms with Gasteiger partial charge in [0.2, 0.25) is 5.91 Å². The Kier molecular flexibility index (Phi) is 5.51. The molecule has 23 heavy (non-hydrogen) atoms. The Hall–Kier alpha value is -2.64. The van der Waals surface area contributed by atoms with Gasteiger partial charge in [0.05, 0.1) is 13.7 Å². The molecule has 0 spiro atoms. The van der Waals surface area contributed by atoms with Crippen LogP contribution < -0.4 is 24.8 Å².